The summed E-state index contributed by atoms with van der Waals surface area (Å²) in [5, 5.41) is 2.20. The standard InChI is InChI=1S/C42H27NO2/c1-2-10-28(11-3-1)29-18-20-30(21-19-29)43(32-23-25-42-38(27-32)36-14-6-9-17-41(36)45-42)31-22-24-33-34-12-4-7-15-39(34)44-40-16-8-5-13-35(40)37(33)26-31/h1-27H. The van der Waals surface area contributed by atoms with E-state index < -0.39 is 0 Å². The van der Waals surface area contributed by atoms with Crippen molar-refractivity contribution >= 4 is 39.0 Å². The number of nitrogens with zero attached hydrogens (tertiary/aromatic N) is 1. The summed E-state index contributed by atoms with van der Waals surface area (Å²) in [4.78, 5) is 2.33. The van der Waals surface area contributed by atoms with Gasteiger partial charge >= 0.3 is 0 Å². The SMILES string of the molecule is c1ccc(-c2ccc(N(c3ccc4c(c3)-c3ccccc3Oc3ccccc3-4)c3ccc4oc5ccccc5c4c3)cc2)cc1. The summed E-state index contributed by atoms with van der Waals surface area (Å²) >= 11 is 0. The van der Waals surface area contributed by atoms with Crippen molar-refractivity contribution in [2.75, 3.05) is 4.90 Å². The van der Waals surface area contributed by atoms with E-state index in [0.29, 0.717) is 0 Å². The highest BCUT2D eigenvalue weighted by Gasteiger charge is 2.23. The number of furan rings is 1. The Morgan fingerprint density at radius 3 is 1.73 bits per heavy atom. The molecule has 0 unspecified atom stereocenters. The zero-order chi connectivity index (χ0) is 29.7. The van der Waals surface area contributed by atoms with Gasteiger partial charge in [0.2, 0.25) is 0 Å². The second kappa shape index (κ2) is 10.3. The molecule has 1 aliphatic heterocycles. The molecule has 0 saturated heterocycles. The van der Waals surface area contributed by atoms with Crippen molar-refractivity contribution in [1.29, 1.82) is 0 Å². The van der Waals surface area contributed by atoms with Crippen molar-refractivity contribution in [2.45, 2.75) is 0 Å². The Bertz CT molecular complexity index is 2350. The van der Waals surface area contributed by atoms with E-state index in [1.807, 2.05) is 36.4 Å². The highest BCUT2D eigenvalue weighted by molar-refractivity contribution is 6.06. The van der Waals surface area contributed by atoms with Crippen molar-refractivity contribution in [1.82, 2.24) is 0 Å². The molecule has 45 heavy (non-hydrogen) atoms. The number of anilines is 3. The third kappa shape index (κ3) is 4.29. The molecule has 2 heterocycles. The number of ether oxygens (including phenoxy) is 1. The lowest BCUT2D eigenvalue weighted by Gasteiger charge is -2.27. The van der Waals surface area contributed by atoms with Crippen molar-refractivity contribution in [2.24, 2.45) is 0 Å². The predicted molar refractivity (Wildman–Crippen MR) is 185 cm³/mol. The molecule has 212 valence electrons. The van der Waals surface area contributed by atoms with Crippen molar-refractivity contribution in [3.8, 4) is 44.9 Å². The Balaban J connectivity index is 1.26. The van der Waals surface area contributed by atoms with Crippen LogP contribution in [0.1, 0.15) is 0 Å². The maximum Gasteiger partial charge on any atom is 0.135 e. The Hall–Kier alpha value is -6.06. The lowest BCUT2D eigenvalue weighted by atomic mass is 9.93. The number of fused-ring (bicyclic) bond motifs is 8. The molecule has 0 bridgehead atoms. The summed E-state index contributed by atoms with van der Waals surface area (Å²) in [6.45, 7) is 0. The van der Waals surface area contributed by atoms with Crippen LogP contribution in [-0.4, -0.2) is 0 Å². The third-order valence-corrected chi connectivity index (χ3v) is 8.69. The second-order valence-electron chi connectivity index (χ2n) is 11.4. The first kappa shape index (κ1) is 25.4. The Labute approximate surface area is 261 Å². The maximum absolute atomic E-state index is 6.47. The van der Waals surface area contributed by atoms with Gasteiger partial charge in [-0.05, 0) is 82.9 Å². The number of para-hydroxylation sites is 3. The summed E-state index contributed by atoms with van der Waals surface area (Å²) in [5.74, 6) is 1.72. The van der Waals surface area contributed by atoms with E-state index in [0.717, 1.165) is 72.8 Å². The predicted octanol–water partition coefficient (Wildman–Crippen LogP) is 12.2. The van der Waals surface area contributed by atoms with E-state index in [1.54, 1.807) is 0 Å². The minimum Gasteiger partial charge on any atom is -0.456 e. The zero-order valence-electron chi connectivity index (χ0n) is 24.4. The van der Waals surface area contributed by atoms with Gasteiger partial charge in [-0.1, -0.05) is 103 Å². The van der Waals surface area contributed by atoms with Crippen LogP contribution in [0.4, 0.5) is 17.1 Å². The van der Waals surface area contributed by atoms with E-state index in [9.17, 15) is 0 Å². The monoisotopic (exact) mass is 577 g/mol. The highest BCUT2D eigenvalue weighted by Crippen LogP contribution is 2.49. The van der Waals surface area contributed by atoms with Crippen LogP contribution in [-0.2, 0) is 0 Å². The van der Waals surface area contributed by atoms with Gasteiger partial charge in [0, 0.05) is 39.0 Å². The summed E-state index contributed by atoms with van der Waals surface area (Å²) in [6, 6.07) is 57.3. The molecule has 0 atom stereocenters. The molecule has 0 aliphatic carbocycles. The molecular weight excluding hydrogens is 550 g/mol. The molecule has 0 radical (unpaired) electrons. The van der Waals surface area contributed by atoms with Crippen molar-refractivity contribution in [3.63, 3.8) is 0 Å². The molecule has 8 aromatic rings. The van der Waals surface area contributed by atoms with E-state index in [-0.39, 0.29) is 0 Å². The van der Waals surface area contributed by atoms with Crippen LogP contribution < -0.4 is 9.64 Å². The molecule has 1 aromatic heterocycles. The third-order valence-electron chi connectivity index (χ3n) is 8.69. The van der Waals surface area contributed by atoms with Gasteiger partial charge in [0.15, 0.2) is 0 Å². The highest BCUT2D eigenvalue weighted by atomic mass is 16.5. The smallest absolute Gasteiger partial charge is 0.135 e. The van der Waals surface area contributed by atoms with Crippen LogP contribution >= 0.6 is 0 Å². The van der Waals surface area contributed by atoms with Crippen LogP contribution in [0, 0.1) is 0 Å². The largest absolute Gasteiger partial charge is 0.456 e. The molecule has 0 fully saturated rings. The van der Waals surface area contributed by atoms with Gasteiger partial charge in [0.25, 0.3) is 0 Å². The summed E-state index contributed by atoms with van der Waals surface area (Å²) in [5.41, 5.74) is 11.8. The quantitative estimate of drug-likeness (QED) is 0.208. The zero-order valence-corrected chi connectivity index (χ0v) is 24.4. The van der Waals surface area contributed by atoms with E-state index in [1.165, 1.54) is 11.1 Å². The Morgan fingerprint density at radius 1 is 0.356 bits per heavy atom. The molecule has 1 aliphatic rings. The summed E-state index contributed by atoms with van der Waals surface area (Å²) in [6.07, 6.45) is 0. The lowest BCUT2D eigenvalue weighted by Crippen LogP contribution is -2.10. The van der Waals surface area contributed by atoms with Gasteiger partial charge < -0.3 is 14.1 Å². The number of hydrogen-bond donors (Lipinski definition) is 0. The van der Waals surface area contributed by atoms with Crippen LogP contribution in [0.5, 0.6) is 11.5 Å². The fourth-order valence-corrected chi connectivity index (χ4v) is 6.54. The molecule has 0 N–H and O–H groups in total. The molecular formula is C42H27NO2. The molecule has 3 nitrogen and oxygen atoms in total. The van der Waals surface area contributed by atoms with Crippen LogP contribution in [0.3, 0.4) is 0 Å². The first-order valence-electron chi connectivity index (χ1n) is 15.2. The van der Waals surface area contributed by atoms with Gasteiger partial charge in [0.05, 0.1) is 0 Å². The van der Waals surface area contributed by atoms with Gasteiger partial charge in [-0.25, -0.2) is 0 Å². The van der Waals surface area contributed by atoms with Gasteiger partial charge in [-0.15, -0.1) is 0 Å². The van der Waals surface area contributed by atoms with Gasteiger partial charge in [0.1, 0.15) is 22.7 Å². The van der Waals surface area contributed by atoms with E-state index >= 15 is 0 Å². The molecule has 7 aromatic carbocycles. The van der Waals surface area contributed by atoms with Gasteiger partial charge in [-0.3, -0.25) is 0 Å². The molecule has 0 spiro atoms. The Morgan fingerprint density at radius 2 is 0.933 bits per heavy atom. The minimum atomic E-state index is 0.853. The molecule has 9 rings (SSSR count). The second-order valence-corrected chi connectivity index (χ2v) is 11.4. The lowest BCUT2D eigenvalue weighted by molar-refractivity contribution is 0.488. The van der Waals surface area contributed by atoms with Crippen LogP contribution in [0.2, 0.25) is 0 Å². The first-order chi connectivity index (χ1) is 22.3. The van der Waals surface area contributed by atoms with E-state index in [2.05, 4.69) is 132 Å². The van der Waals surface area contributed by atoms with Crippen LogP contribution in [0.15, 0.2) is 168 Å². The average Bonchev–Trinajstić information content (AvgIpc) is 3.41. The molecule has 3 heteroatoms. The van der Waals surface area contributed by atoms with Crippen LogP contribution in [0.25, 0.3) is 55.3 Å². The first-order valence-corrected chi connectivity index (χ1v) is 15.2. The number of rotatable bonds is 4. The van der Waals surface area contributed by atoms with Gasteiger partial charge in [-0.2, -0.15) is 0 Å². The maximum atomic E-state index is 6.47. The number of hydrogen-bond acceptors (Lipinski definition) is 3. The fraction of sp³-hybridized carbons (Fsp3) is 0. The fourth-order valence-electron chi connectivity index (χ4n) is 6.54. The normalized spacial score (nSPS) is 11.7. The topological polar surface area (TPSA) is 25.6 Å². The molecule has 0 saturated carbocycles. The summed E-state index contributed by atoms with van der Waals surface area (Å²) in [7, 11) is 0. The molecule has 0 amide bonds. The van der Waals surface area contributed by atoms with E-state index in [4.69, 9.17) is 9.15 Å². The minimum absolute atomic E-state index is 0.853. The van der Waals surface area contributed by atoms with Crippen molar-refractivity contribution < 1.29 is 9.15 Å². The average molecular weight is 578 g/mol. The van der Waals surface area contributed by atoms with Crippen molar-refractivity contribution in [3.05, 3.63) is 164 Å². The number of benzene rings is 7. The summed E-state index contributed by atoms with van der Waals surface area (Å²) < 4.78 is 12.7. The Kier molecular flexibility index (Phi) is 5.82.